The first-order valence-corrected chi connectivity index (χ1v) is 8.28. The maximum Gasteiger partial charge on any atom is 0.324 e. The van der Waals surface area contributed by atoms with E-state index in [4.69, 9.17) is 0 Å². The Morgan fingerprint density at radius 2 is 2.35 bits per heavy atom. The molecule has 2 atom stereocenters. The molecule has 0 amide bonds. The van der Waals surface area contributed by atoms with E-state index in [2.05, 4.69) is 10.2 Å². The predicted octanol–water partition coefficient (Wildman–Crippen LogP) is 2.62. The standard InChI is InChI=1S/C14H21N3O2S/c18-17(19)14-7-11(10-20-14)8-16-6-2-3-12(9-16)13-4-1-5-15-13/h7,10,12-13,15H,1-6,8-9H2. The molecule has 0 saturated carbocycles. The minimum Gasteiger partial charge on any atom is -0.314 e. The van der Waals surface area contributed by atoms with E-state index in [9.17, 15) is 10.1 Å². The Hall–Kier alpha value is -0.980. The van der Waals surface area contributed by atoms with Crippen LogP contribution in [0.15, 0.2) is 11.4 Å². The van der Waals surface area contributed by atoms with Crippen LogP contribution in [0.2, 0.25) is 0 Å². The number of thiophene rings is 1. The fourth-order valence-electron chi connectivity index (χ4n) is 3.48. The summed E-state index contributed by atoms with van der Waals surface area (Å²) in [6, 6.07) is 2.41. The van der Waals surface area contributed by atoms with Crippen molar-refractivity contribution in [1.29, 1.82) is 0 Å². The normalized spacial score (nSPS) is 27.8. The van der Waals surface area contributed by atoms with Crippen molar-refractivity contribution in [1.82, 2.24) is 10.2 Å². The van der Waals surface area contributed by atoms with Crippen molar-refractivity contribution in [2.24, 2.45) is 5.92 Å². The molecule has 2 saturated heterocycles. The van der Waals surface area contributed by atoms with Crippen molar-refractivity contribution in [3.63, 3.8) is 0 Å². The SMILES string of the molecule is O=[N+]([O-])c1cc(CN2CCCC(C3CCCN3)C2)cs1. The highest BCUT2D eigenvalue weighted by atomic mass is 32.1. The van der Waals surface area contributed by atoms with Crippen molar-refractivity contribution < 1.29 is 4.92 Å². The molecule has 0 aromatic carbocycles. The van der Waals surface area contributed by atoms with E-state index in [0.717, 1.165) is 37.7 Å². The van der Waals surface area contributed by atoms with Crippen molar-refractivity contribution in [3.8, 4) is 0 Å². The van der Waals surface area contributed by atoms with Crippen LogP contribution in [0.25, 0.3) is 0 Å². The van der Waals surface area contributed by atoms with Gasteiger partial charge in [-0.05, 0) is 50.3 Å². The molecule has 0 spiro atoms. The largest absolute Gasteiger partial charge is 0.324 e. The molecule has 2 unspecified atom stereocenters. The second kappa shape index (κ2) is 6.20. The van der Waals surface area contributed by atoms with Gasteiger partial charge in [0.05, 0.1) is 4.92 Å². The van der Waals surface area contributed by atoms with Crippen LogP contribution in [0, 0.1) is 16.0 Å². The number of piperidine rings is 1. The van der Waals surface area contributed by atoms with E-state index in [-0.39, 0.29) is 9.92 Å². The smallest absolute Gasteiger partial charge is 0.314 e. The molecule has 3 heterocycles. The Bertz CT molecular complexity index is 471. The fourth-order valence-corrected chi connectivity index (χ4v) is 4.20. The Morgan fingerprint density at radius 3 is 3.05 bits per heavy atom. The molecule has 0 radical (unpaired) electrons. The topological polar surface area (TPSA) is 58.4 Å². The molecule has 2 aliphatic rings. The number of nitro groups is 1. The molecule has 3 rings (SSSR count). The van der Waals surface area contributed by atoms with E-state index in [1.165, 1.54) is 37.0 Å². The van der Waals surface area contributed by atoms with Gasteiger partial charge in [-0.15, -0.1) is 0 Å². The zero-order valence-electron chi connectivity index (χ0n) is 11.6. The number of nitrogens with one attached hydrogen (secondary N) is 1. The Kier molecular flexibility index (Phi) is 4.33. The summed E-state index contributed by atoms with van der Waals surface area (Å²) in [5.74, 6) is 0.750. The maximum absolute atomic E-state index is 10.7. The minimum atomic E-state index is -0.296. The van der Waals surface area contributed by atoms with Crippen LogP contribution in [0.5, 0.6) is 0 Å². The summed E-state index contributed by atoms with van der Waals surface area (Å²) in [5, 5.41) is 16.5. The number of hydrogen-bond donors (Lipinski definition) is 1. The first kappa shape index (κ1) is 14.0. The fraction of sp³-hybridized carbons (Fsp3) is 0.714. The summed E-state index contributed by atoms with van der Waals surface area (Å²) in [7, 11) is 0. The van der Waals surface area contributed by atoms with Crippen LogP contribution in [0.3, 0.4) is 0 Å². The summed E-state index contributed by atoms with van der Waals surface area (Å²) in [6.07, 6.45) is 5.17. The molecule has 1 aromatic heterocycles. The first-order valence-electron chi connectivity index (χ1n) is 7.40. The van der Waals surface area contributed by atoms with E-state index in [0.29, 0.717) is 6.04 Å². The lowest BCUT2D eigenvalue weighted by Gasteiger charge is -2.35. The lowest BCUT2D eigenvalue weighted by molar-refractivity contribution is -0.380. The van der Waals surface area contributed by atoms with E-state index >= 15 is 0 Å². The molecule has 0 aliphatic carbocycles. The number of nitrogens with zero attached hydrogens (tertiary/aromatic N) is 2. The number of hydrogen-bond acceptors (Lipinski definition) is 5. The second-order valence-electron chi connectivity index (χ2n) is 5.89. The van der Waals surface area contributed by atoms with Gasteiger partial charge < -0.3 is 5.32 Å². The molecule has 6 heteroatoms. The Morgan fingerprint density at radius 1 is 1.45 bits per heavy atom. The van der Waals surface area contributed by atoms with E-state index in [1.807, 2.05) is 5.38 Å². The van der Waals surface area contributed by atoms with Crippen LogP contribution < -0.4 is 5.32 Å². The summed E-state index contributed by atoms with van der Waals surface area (Å²) in [4.78, 5) is 12.9. The Balaban J connectivity index is 1.57. The van der Waals surface area contributed by atoms with Gasteiger partial charge >= 0.3 is 5.00 Å². The average molecular weight is 295 g/mol. The van der Waals surface area contributed by atoms with Gasteiger partial charge in [-0.3, -0.25) is 15.0 Å². The zero-order chi connectivity index (χ0) is 13.9. The van der Waals surface area contributed by atoms with Gasteiger partial charge in [0.25, 0.3) is 0 Å². The van der Waals surface area contributed by atoms with Gasteiger partial charge in [-0.1, -0.05) is 11.3 Å². The number of rotatable bonds is 4. The molecular formula is C14H21N3O2S. The van der Waals surface area contributed by atoms with E-state index < -0.39 is 0 Å². The van der Waals surface area contributed by atoms with Crippen LogP contribution in [-0.4, -0.2) is 35.5 Å². The third-order valence-corrected chi connectivity index (χ3v) is 5.36. The predicted molar refractivity (Wildman–Crippen MR) is 80.0 cm³/mol. The lowest BCUT2D eigenvalue weighted by atomic mass is 9.89. The summed E-state index contributed by atoms with van der Waals surface area (Å²) < 4.78 is 0. The van der Waals surface area contributed by atoms with Crippen molar-refractivity contribution in [2.45, 2.75) is 38.3 Å². The zero-order valence-corrected chi connectivity index (χ0v) is 12.4. The average Bonchev–Trinajstić information content (AvgIpc) is 3.10. The monoisotopic (exact) mass is 295 g/mol. The Labute approximate surface area is 123 Å². The summed E-state index contributed by atoms with van der Waals surface area (Å²) in [5.41, 5.74) is 1.08. The molecule has 2 fully saturated rings. The van der Waals surface area contributed by atoms with Crippen LogP contribution >= 0.6 is 11.3 Å². The highest BCUT2D eigenvalue weighted by Gasteiger charge is 2.29. The molecule has 20 heavy (non-hydrogen) atoms. The first-order chi connectivity index (χ1) is 9.72. The van der Waals surface area contributed by atoms with Crippen LogP contribution in [0.1, 0.15) is 31.2 Å². The van der Waals surface area contributed by atoms with Gasteiger partial charge in [0.1, 0.15) is 0 Å². The van der Waals surface area contributed by atoms with Crippen LogP contribution in [0.4, 0.5) is 5.00 Å². The number of likely N-dealkylation sites (tertiary alicyclic amines) is 1. The quantitative estimate of drug-likeness (QED) is 0.685. The van der Waals surface area contributed by atoms with Crippen molar-refractivity contribution in [2.75, 3.05) is 19.6 Å². The highest BCUT2D eigenvalue weighted by Crippen LogP contribution is 2.28. The molecule has 110 valence electrons. The van der Waals surface area contributed by atoms with Gasteiger partial charge in [-0.2, -0.15) is 0 Å². The van der Waals surface area contributed by atoms with E-state index in [1.54, 1.807) is 6.07 Å². The summed E-state index contributed by atoms with van der Waals surface area (Å²) >= 11 is 1.23. The van der Waals surface area contributed by atoms with Crippen molar-refractivity contribution >= 4 is 16.3 Å². The molecule has 0 bridgehead atoms. The maximum atomic E-state index is 10.7. The molecule has 1 aromatic rings. The van der Waals surface area contributed by atoms with Gasteiger partial charge in [0.15, 0.2) is 0 Å². The third-order valence-electron chi connectivity index (χ3n) is 4.44. The van der Waals surface area contributed by atoms with Gasteiger partial charge in [0, 0.05) is 30.6 Å². The van der Waals surface area contributed by atoms with Crippen molar-refractivity contribution in [3.05, 3.63) is 27.1 Å². The molecular weight excluding hydrogens is 274 g/mol. The molecule has 1 N–H and O–H groups in total. The molecule has 2 aliphatic heterocycles. The summed E-state index contributed by atoms with van der Waals surface area (Å²) in [6.45, 7) is 4.26. The molecule has 5 nitrogen and oxygen atoms in total. The minimum absolute atomic E-state index is 0.256. The van der Waals surface area contributed by atoms with Gasteiger partial charge in [0.2, 0.25) is 0 Å². The third kappa shape index (κ3) is 3.19. The van der Waals surface area contributed by atoms with Gasteiger partial charge in [-0.25, -0.2) is 0 Å². The lowest BCUT2D eigenvalue weighted by Crippen LogP contribution is -2.43. The van der Waals surface area contributed by atoms with Crippen LogP contribution in [-0.2, 0) is 6.54 Å². The highest BCUT2D eigenvalue weighted by molar-refractivity contribution is 7.13. The second-order valence-corrected chi connectivity index (χ2v) is 6.78.